The molecule has 1 fully saturated rings. The molecule has 1 saturated carbocycles. The lowest BCUT2D eigenvalue weighted by Gasteiger charge is -2.15. The van der Waals surface area contributed by atoms with E-state index in [9.17, 15) is 14.0 Å². The Kier molecular flexibility index (Phi) is 5.34. The molecule has 0 bridgehead atoms. The van der Waals surface area contributed by atoms with E-state index in [4.69, 9.17) is 11.6 Å². The van der Waals surface area contributed by atoms with Gasteiger partial charge in [0.1, 0.15) is 11.5 Å². The number of ether oxygens (including phenoxy) is 1. The van der Waals surface area contributed by atoms with Crippen molar-refractivity contribution in [3.63, 3.8) is 0 Å². The van der Waals surface area contributed by atoms with Gasteiger partial charge in [-0.1, -0.05) is 11.6 Å². The number of aromatic nitrogens is 2. The maximum atomic E-state index is 14.5. The van der Waals surface area contributed by atoms with Crippen molar-refractivity contribution in [2.24, 2.45) is 5.92 Å². The van der Waals surface area contributed by atoms with Crippen molar-refractivity contribution >= 4 is 45.8 Å². The predicted octanol–water partition coefficient (Wildman–Crippen LogP) is 4.32. The second kappa shape index (κ2) is 7.95. The standard InChI is InChI=1S/C21H20ClFN4O3/c1-24-17-14(23)7-13(21(29)30-2)8-15(17)26-20(28)16-9-12-5-6-25-19(22)18(12)27(16)10-11-3-4-11/h5-9,11,24H,3-4,10H2,1-2H3,(H,26,28). The third-order valence-corrected chi connectivity index (χ3v) is 5.42. The molecule has 2 aromatic heterocycles. The third kappa shape index (κ3) is 3.70. The zero-order valence-corrected chi connectivity index (χ0v) is 17.2. The number of carbonyl (C=O) groups excluding carboxylic acids is 2. The van der Waals surface area contributed by atoms with Crippen LogP contribution >= 0.6 is 11.6 Å². The molecule has 9 heteroatoms. The van der Waals surface area contributed by atoms with E-state index in [1.54, 1.807) is 18.3 Å². The second-order valence-corrected chi connectivity index (χ2v) is 7.56. The van der Waals surface area contributed by atoms with Crippen molar-refractivity contribution in [1.29, 1.82) is 0 Å². The van der Waals surface area contributed by atoms with E-state index in [2.05, 4.69) is 20.4 Å². The zero-order valence-electron chi connectivity index (χ0n) is 16.5. The van der Waals surface area contributed by atoms with Crippen LogP contribution in [0.4, 0.5) is 15.8 Å². The van der Waals surface area contributed by atoms with Gasteiger partial charge in [0, 0.05) is 25.2 Å². The molecule has 156 valence electrons. The van der Waals surface area contributed by atoms with Gasteiger partial charge in [-0.25, -0.2) is 14.2 Å². The number of methoxy groups -OCH3 is 1. The minimum Gasteiger partial charge on any atom is -0.465 e. The fourth-order valence-corrected chi connectivity index (χ4v) is 3.76. The van der Waals surface area contributed by atoms with Gasteiger partial charge in [0.05, 0.1) is 29.6 Å². The van der Waals surface area contributed by atoms with E-state index in [1.807, 2.05) is 4.57 Å². The van der Waals surface area contributed by atoms with E-state index in [0.717, 1.165) is 24.3 Å². The first-order valence-corrected chi connectivity index (χ1v) is 9.85. The van der Waals surface area contributed by atoms with Crippen LogP contribution in [0.15, 0.2) is 30.5 Å². The number of nitrogens with one attached hydrogen (secondary N) is 2. The first-order chi connectivity index (χ1) is 14.4. The van der Waals surface area contributed by atoms with Gasteiger partial charge in [-0.05, 0) is 43.0 Å². The van der Waals surface area contributed by atoms with Crippen LogP contribution in [0, 0.1) is 11.7 Å². The number of esters is 1. The van der Waals surface area contributed by atoms with E-state index in [-0.39, 0.29) is 16.9 Å². The number of pyridine rings is 1. The lowest BCUT2D eigenvalue weighted by atomic mass is 10.1. The summed E-state index contributed by atoms with van der Waals surface area (Å²) in [7, 11) is 2.74. The number of hydrogen-bond acceptors (Lipinski definition) is 5. The normalized spacial score (nSPS) is 13.3. The molecule has 1 aromatic carbocycles. The molecule has 0 aliphatic heterocycles. The van der Waals surface area contributed by atoms with Gasteiger partial charge < -0.3 is 19.9 Å². The molecule has 0 saturated heterocycles. The SMILES string of the molecule is CNc1c(F)cc(C(=O)OC)cc1NC(=O)c1cc2ccnc(Cl)c2n1CC1CC1. The number of halogens is 2. The Balaban J connectivity index is 1.76. The molecule has 7 nitrogen and oxygen atoms in total. The molecule has 0 unspecified atom stereocenters. The van der Waals surface area contributed by atoms with Crippen molar-refractivity contribution in [3.8, 4) is 0 Å². The van der Waals surface area contributed by atoms with E-state index < -0.39 is 17.7 Å². The maximum absolute atomic E-state index is 14.5. The molecule has 0 atom stereocenters. The number of nitrogens with zero attached hydrogens (tertiary/aromatic N) is 2. The van der Waals surface area contributed by atoms with Crippen LogP contribution in [-0.4, -0.2) is 35.6 Å². The number of fused-ring (bicyclic) bond motifs is 1. The van der Waals surface area contributed by atoms with Crippen molar-refractivity contribution in [2.75, 3.05) is 24.8 Å². The van der Waals surface area contributed by atoms with Crippen molar-refractivity contribution in [2.45, 2.75) is 19.4 Å². The van der Waals surface area contributed by atoms with Gasteiger partial charge in [-0.3, -0.25) is 4.79 Å². The number of hydrogen-bond donors (Lipinski definition) is 2. The Morgan fingerprint density at radius 2 is 2.10 bits per heavy atom. The van der Waals surface area contributed by atoms with Gasteiger partial charge in [0.2, 0.25) is 0 Å². The molecular weight excluding hydrogens is 411 g/mol. The fraction of sp³-hybridized carbons (Fsp3) is 0.286. The van der Waals surface area contributed by atoms with Crippen LogP contribution in [0.3, 0.4) is 0 Å². The Morgan fingerprint density at radius 3 is 2.77 bits per heavy atom. The van der Waals surface area contributed by atoms with Crippen molar-refractivity contribution in [3.05, 3.63) is 52.7 Å². The van der Waals surface area contributed by atoms with Crippen LogP contribution in [0.2, 0.25) is 5.15 Å². The topological polar surface area (TPSA) is 85.2 Å². The van der Waals surface area contributed by atoms with Gasteiger partial charge >= 0.3 is 5.97 Å². The lowest BCUT2D eigenvalue weighted by molar-refractivity contribution is 0.0600. The fourth-order valence-electron chi connectivity index (χ4n) is 3.49. The number of anilines is 2. The van der Waals surface area contributed by atoms with Gasteiger partial charge in [-0.2, -0.15) is 0 Å². The van der Waals surface area contributed by atoms with E-state index in [0.29, 0.717) is 28.8 Å². The monoisotopic (exact) mass is 430 g/mol. The highest BCUT2D eigenvalue weighted by atomic mass is 35.5. The van der Waals surface area contributed by atoms with Crippen LogP contribution in [0.5, 0.6) is 0 Å². The second-order valence-electron chi connectivity index (χ2n) is 7.20. The van der Waals surface area contributed by atoms with E-state index >= 15 is 0 Å². The summed E-state index contributed by atoms with van der Waals surface area (Å²) in [6.45, 7) is 0.646. The Hall–Kier alpha value is -3.13. The molecule has 0 radical (unpaired) electrons. The summed E-state index contributed by atoms with van der Waals surface area (Å²) in [5.41, 5.74) is 1.28. The Labute approximate surface area is 177 Å². The van der Waals surface area contributed by atoms with Crippen LogP contribution in [0.25, 0.3) is 10.9 Å². The molecule has 1 amide bonds. The summed E-state index contributed by atoms with van der Waals surface area (Å²) >= 11 is 6.31. The van der Waals surface area contributed by atoms with Crippen LogP contribution in [-0.2, 0) is 11.3 Å². The average Bonchev–Trinajstić information content (AvgIpc) is 3.46. The molecular formula is C21H20ClFN4O3. The Morgan fingerprint density at radius 1 is 1.33 bits per heavy atom. The zero-order chi connectivity index (χ0) is 21.4. The van der Waals surface area contributed by atoms with Crippen LogP contribution in [0.1, 0.15) is 33.7 Å². The van der Waals surface area contributed by atoms with Crippen molar-refractivity contribution in [1.82, 2.24) is 9.55 Å². The van der Waals surface area contributed by atoms with Gasteiger partial charge in [0.25, 0.3) is 5.91 Å². The summed E-state index contributed by atoms with van der Waals surface area (Å²) < 4.78 is 21.0. The molecule has 0 spiro atoms. The quantitative estimate of drug-likeness (QED) is 0.449. The molecule has 2 heterocycles. The minimum atomic E-state index is -0.701. The molecule has 1 aliphatic carbocycles. The minimum absolute atomic E-state index is 0.00457. The average molecular weight is 431 g/mol. The summed E-state index contributed by atoms with van der Waals surface area (Å²) in [5.74, 6) is -1.34. The number of carbonyl (C=O) groups is 2. The largest absolute Gasteiger partial charge is 0.465 e. The highest BCUT2D eigenvalue weighted by molar-refractivity contribution is 6.34. The summed E-state index contributed by atoms with van der Waals surface area (Å²) in [6.07, 6.45) is 3.77. The number of benzene rings is 1. The van der Waals surface area contributed by atoms with E-state index in [1.165, 1.54) is 20.2 Å². The summed E-state index contributed by atoms with van der Waals surface area (Å²) in [4.78, 5) is 29.2. The first kappa shape index (κ1) is 20.2. The highest BCUT2D eigenvalue weighted by Gasteiger charge is 2.27. The van der Waals surface area contributed by atoms with Gasteiger partial charge in [0.15, 0.2) is 5.15 Å². The first-order valence-electron chi connectivity index (χ1n) is 9.47. The Bertz CT molecular complexity index is 1160. The maximum Gasteiger partial charge on any atom is 0.338 e. The highest BCUT2D eigenvalue weighted by Crippen LogP contribution is 2.35. The molecule has 3 aromatic rings. The number of rotatable bonds is 6. The van der Waals surface area contributed by atoms with Crippen molar-refractivity contribution < 1.29 is 18.7 Å². The number of amides is 1. The smallest absolute Gasteiger partial charge is 0.338 e. The third-order valence-electron chi connectivity index (χ3n) is 5.14. The molecule has 4 rings (SSSR count). The summed E-state index contributed by atoms with van der Waals surface area (Å²) in [6, 6.07) is 5.96. The lowest BCUT2D eigenvalue weighted by Crippen LogP contribution is -2.19. The van der Waals surface area contributed by atoms with Gasteiger partial charge in [-0.15, -0.1) is 0 Å². The molecule has 30 heavy (non-hydrogen) atoms. The predicted molar refractivity (Wildman–Crippen MR) is 113 cm³/mol. The molecule has 1 aliphatic rings. The molecule has 2 N–H and O–H groups in total. The van der Waals surface area contributed by atoms with Crippen LogP contribution < -0.4 is 10.6 Å². The summed E-state index contributed by atoms with van der Waals surface area (Å²) in [5, 5.41) is 6.55.